The van der Waals surface area contributed by atoms with Gasteiger partial charge in [0.05, 0.1) is 0 Å². The first kappa shape index (κ1) is 10.4. The number of rotatable bonds is 2. The molecule has 0 unspecified atom stereocenters. The van der Waals surface area contributed by atoms with E-state index in [9.17, 15) is 8.42 Å². The van der Waals surface area contributed by atoms with Crippen LogP contribution in [0.4, 0.5) is 0 Å². The minimum atomic E-state index is -3.66. The number of hydrogen-bond acceptors (Lipinski definition) is 3. The molecule has 0 aliphatic carbocycles. The van der Waals surface area contributed by atoms with Gasteiger partial charge in [0.2, 0.25) is 0 Å². The van der Waals surface area contributed by atoms with E-state index in [4.69, 9.17) is 5.14 Å². The van der Waals surface area contributed by atoms with E-state index in [0.717, 1.165) is 0 Å². The van der Waals surface area contributed by atoms with Gasteiger partial charge in [-0.1, -0.05) is 13.8 Å². The molecule has 0 heterocycles. The molecule has 0 atom stereocenters. The zero-order valence-corrected chi connectivity index (χ0v) is 7.64. The monoisotopic (exact) mass is 179 g/mol. The Kier molecular flexibility index (Phi) is 3.47. The number of amidine groups is 1. The van der Waals surface area contributed by atoms with E-state index in [-0.39, 0.29) is 5.92 Å². The normalized spacial score (nSPS) is 13.7. The van der Waals surface area contributed by atoms with Gasteiger partial charge in [-0.25, -0.2) is 5.14 Å². The lowest BCUT2D eigenvalue weighted by atomic mass is 10.2. The van der Waals surface area contributed by atoms with Gasteiger partial charge in [0, 0.05) is 13.0 Å². The van der Waals surface area contributed by atoms with E-state index in [2.05, 4.69) is 9.71 Å². The van der Waals surface area contributed by atoms with Gasteiger partial charge in [0.1, 0.15) is 5.84 Å². The Morgan fingerprint density at radius 2 is 2.00 bits per heavy atom. The first-order valence-electron chi connectivity index (χ1n) is 3.14. The highest BCUT2D eigenvalue weighted by molar-refractivity contribution is 7.87. The van der Waals surface area contributed by atoms with Crippen molar-refractivity contribution in [1.82, 2.24) is 4.72 Å². The SMILES string of the molecule is CN=C(NS(N)(=O)=O)C(C)C. The highest BCUT2D eigenvalue weighted by Crippen LogP contribution is 1.93. The fourth-order valence-corrected chi connectivity index (χ4v) is 1.19. The molecule has 0 saturated carbocycles. The molecular weight excluding hydrogens is 166 g/mol. The molecular formula is C5H13N3O2S. The van der Waals surface area contributed by atoms with Gasteiger partial charge in [-0.15, -0.1) is 0 Å². The van der Waals surface area contributed by atoms with Gasteiger partial charge < -0.3 is 0 Å². The van der Waals surface area contributed by atoms with Crippen LogP contribution in [0.2, 0.25) is 0 Å². The van der Waals surface area contributed by atoms with E-state index in [1.54, 1.807) is 0 Å². The predicted octanol–water partition coefficient (Wildman–Crippen LogP) is -0.536. The molecule has 0 fully saturated rings. The van der Waals surface area contributed by atoms with Crippen LogP contribution < -0.4 is 9.86 Å². The van der Waals surface area contributed by atoms with Crippen molar-refractivity contribution in [3.05, 3.63) is 0 Å². The van der Waals surface area contributed by atoms with Gasteiger partial charge >= 0.3 is 0 Å². The van der Waals surface area contributed by atoms with Crippen LogP contribution in [-0.2, 0) is 10.2 Å². The van der Waals surface area contributed by atoms with Gasteiger partial charge in [-0.3, -0.25) is 9.71 Å². The van der Waals surface area contributed by atoms with Crippen molar-refractivity contribution in [2.24, 2.45) is 16.0 Å². The molecule has 0 rings (SSSR count). The molecule has 0 aliphatic rings. The second-order valence-electron chi connectivity index (χ2n) is 2.41. The second-order valence-corrected chi connectivity index (χ2v) is 3.70. The van der Waals surface area contributed by atoms with E-state index in [1.807, 2.05) is 13.8 Å². The average molecular weight is 179 g/mol. The van der Waals surface area contributed by atoms with Crippen LogP contribution in [0.5, 0.6) is 0 Å². The molecule has 0 saturated heterocycles. The van der Waals surface area contributed by atoms with E-state index < -0.39 is 10.2 Å². The second kappa shape index (κ2) is 3.68. The lowest BCUT2D eigenvalue weighted by Crippen LogP contribution is -2.38. The standard InChI is InChI=1S/C5H13N3O2S/c1-4(2)5(7-3)8-11(6,9)10/h4H,1-3H3,(H,7,8)(H2,6,9,10). The summed E-state index contributed by atoms with van der Waals surface area (Å²) in [7, 11) is -2.15. The van der Waals surface area contributed by atoms with Crippen LogP contribution in [0, 0.1) is 5.92 Å². The largest absolute Gasteiger partial charge is 0.297 e. The van der Waals surface area contributed by atoms with Crippen LogP contribution in [0.25, 0.3) is 0 Å². The van der Waals surface area contributed by atoms with Crippen LogP contribution in [0.3, 0.4) is 0 Å². The molecule has 0 bridgehead atoms. The smallest absolute Gasteiger partial charge is 0.275 e. The fourth-order valence-electron chi connectivity index (χ4n) is 0.567. The maximum absolute atomic E-state index is 10.5. The summed E-state index contributed by atoms with van der Waals surface area (Å²) < 4.78 is 23.1. The highest BCUT2D eigenvalue weighted by atomic mass is 32.2. The van der Waals surface area contributed by atoms with Crippen molar-refractivity contribution >= 4 is 16.0 Å². The Hall–Kier alpha value is -0.620. The minimum Gasteiger partial charge on any atom is -0.275 e. The maximum Gasteiger partial charge on any atom is 0.297 e. The first-order chi connectivity index (χ1) is 4.87. The van der Waals surface area contributed by atoms with Crippen molar-refractivity contribution in [3.8, 4) is 0 Å². The van der Waals surface area contributed by atoms with Crippen molar-refractivity contribution in [3.63, 3.8) is 0 Å². The van der Waals surface area contributed by atoms with Gasteiger partial charge in [-0.05, 0) is 0 Å². The molecule has 5 nitrogen and oxygen atoms in total. The molecule has 6 heteroatoms. The predicted molar refractivity (Wildman–Crippen MR) is 44.4 cm³/mol. The molecule has 0 aromatic heterocycles. The van der Waals surface area contributed by atoms with Gasteiger partial charge in [0.15, 0.2) is 0 Å². The zero-order valence-electron chi connectivity index (χ0n) is 6.83. The van der Waals surface area contributed by atoms with E-state index in [1.165, 1.54) is 7.05 Å². The summed E-state index contributed by atoms with van der Waals surface area (Å²) in [5.41, 5.74) is 0. The number of aliphatic imine (C=N–C) groups is 1. The molecule has 0 aromatic carbocycles. The van der Waals surface area contributed by atoms with Crippen LogP contribution in [0.1, 0.15) is 13.8 Å². The van der Waals surface area contributed by atoms with Crippen molar-refractivity contribution < 1.29 is 8.42 Å². The minimum absolute atomic E-state index is 0.0262. The number of nitrogens with two attached hydrogens (primary N) is 1. The van der Waals surface area contributed by atoms with Crippen LogP contribution in [-0.4, -0.2) is 21.3 Å². The summed E-state index contributed by atoms with van der Waals surface area (Å²) in [6, 6.07) is 0. The van der Waals surface area contributed by atoms with Crippen LogP contribution in [0.15, 0.2) is 4.99 Å². The Bertz CT molecular complexity index is 242. The van der Waals surface area contributed by atoms with Crippen LogP contribution >= 0.6 is 0 Å². The summed E-state index contributed by atoms with van der Waals surface area (Å²) in [5, 5.41) is 4.73. The molecule has 0 aromatic rings. The lowest BCUT2D eigenvalue weighted by molar-refractivity contribution is 0.592. The summed E-state index contributed by atoms with van der Waals surface area (Å²) >= 11 is 0. The summed E-state index contributed by atoms with van der Waals surface area (Å²) in [6.45, 7) is 3.64. The zero-order chi connectivity index (χ0) is 9.07. The third-order valence-electron chi connectivity index (χ3n) is 1.03. The summed E-state index contributed by atoms with van der Waals surface area (Å²) in [4.78, 5) is 3.72. The Balaban J connectivity index is 4.37. The molecule has 0 aliphatic heterocycles. The van der Waals surface area contributed by atoms with Gasteiger partial charge in [-0.2, -0.15) is 8.42 Å². The summed E-state index contributed by atoms with van der Waals surface area (Å²) in [6.07, 6.45) is 0. The van der Waals surface area contributed by atoms with Gasteiger partial charge in [0.25, 0.3) is 10.2 Å². The molecule has 3 N–H and O–H groups in total. The van der Waals surface area contributed by atoms with E-state index in [0.29, 0.717) is 5.84 Å². The molecule has 66 valence electrons. The Morgan fingerprint density at radius 3 is 2.09 bits per heavy atom. The number of nitrogens with one attached hydrogen (secondary N) is 1. The molecule has 0 amide bonds. The number of hydrogen-bond donors (Lipinski definition) is 2. The van der Waals surface area contributed by atoms with Crippen molar-refractivity contribution in [2.45, 2.75) is 13.8 Å². The van der Waals surface area contributed by atoms with E-state index >= 15 is 0 Å². The first-order valence-corrected chi connectivity index (χ1v) is 4.68. The third kappa shape index (κ3) is 4.74. The lowest BCUT2D eigenvalue weighted by Gasteiger charge is -2.09. The topological polar surface area (TPSA) is 84.5 Å². The highest BCUT2D eigenvalue weighted by Gasteiger charge is 2.08. The molecule has 0 radical (unpaired) electrons. The average Bonchev–Trinajstić information content (AvgIpc) is 1.80. The number of nitrogens with zero attached hydrogens (tertiary/aromatic N) is 1. The molecule has 11 heavy (non-hydrogen) atoms. The Labute approximate surface area is 66.9 Å². The molecule has 0 spiro atoms. The Morgan fingerprint density at radius 1 is 1.55 bits per heavy atom. The summed E-state index contributed by atoms with van der Waals surface area (Å²) in [5.74, 6) is 0.394. The third-order valence-corrected chi connectivity index (χ3v) is 1.53. The van der Waals surface area contributed by atoms with Crippen molar-refractivity contribution in [2.75, 3.05) is 7.05 Å². The quantitative estimate of drug-likeness (QED) is 0.441. The fraction of sp³-hybridized carbons (Fsp3) is 0.800. The maximum atomic E-state index is 10.5. The van der Waals surface area contributed by atoms with Crippen molar-refractivity contribution in [1.29, 1.82) is 0 Å².